The van der Waals surface area contributed by atoms with Crippen molar-refractivity contribution < 1.29 is 14.4 Å². The van der Waals surface area contributed by atoms with Crippen LogP contribution in [0.1, 0.15) is 11.3 Å². The van der Waals surface area contributed by atoms with Gasteiger partial charge in [-0.25, -0.2) is 0 Å². The Labute approximate surface area is 139 Å². The van der Waals surface area contributed by atoms with Gasteiger partial charge in [0.15, 0.2) is 5.76 Å². The van der Waals surface area contributed by atoms with E-state index in [4.69, 9.17) is 4.52 Å². The zero-order chi connectivity index (χ0) is 16.8. The molecule has 1 aromatic heterocycles. The minimum Gasteiger partial charge on any atom is -0.508 e. The highest BCUT2D eigenvalue weighted by Crippen LogP contribution is 2.20. The van der Waals surface area contributed by atoms with Gasteiger partial charge in [-0.05, 0) is 18.1 Å². The first-order valence-electron chi connectivity index (χ1n) is 7.77. The zero-order valence-corrected chi connectivity index (χ0v) is 13.1. The highest BCUT2D eigenvalue weighted by Gasteiger charge is 2.10. The lowest BCUT2D eigenvalue weighted by atomic mass is 10.1. The molecule has 0 atom stereocenters. The van der Waals surface area contributed by atoms with Crippen molar-refractivity contribution in [2.75, 3.05) is 6.54 Å². The van der Waals surface area contributed by atoms with Gasteiger partial charge >= 0.3 is 0 Å². The smallest absolute Gasteiger partial charge is 0.226 e. The summed E-state index contributed by atoms with van der Waals surface area (Å²) in [5.41, 5.74) is 2.33. The minimum absolute atomic E-state index is 0.127. The molecule has 0 spiro atoms. The fourth-order valence-corrected chi connectivity index (χ4v) is 2.42. The van der Waals surface area contributed by atoms with E-state index in [0.29, 0.717) is 24.4 Å². The summed E-state index contributed by atoms with van der Waals surface area (Å²) in [6, 6.07) is 18.5. The van der Waals surface area contributed by atoms with Gasteiger partial charge in [0.2, 0.25) is 5.91 Å². The van der Waals surface area contributed by atoms with Crippen LogP contribution in [-0.2, 0) is 17.6 Å². The van der Waals surface area contributed by atoms with E-state index in [1.165, 1.54) is 0 Å². The van der Waals surface area contributed by atoms with Gasteiger partial charge < -0.3 is 14.9 Å². The predicted octanol–water partition coefficient (Wildman–Crippen LogP) is 2.95. The number of rotatable bonds is 6. The van der Waals surface area contributed by atoms with Crippen molar-refractivity contribution in [1.82, 2.24) is 10.5 Å². The Bertz CT molecular complexity index is 812. The molecule has 0 saturated heterocycles. The minimum atomic E-state index is -0.127. The van der Waals surface area contributed by atoms with Gasteiger partial charge in [-0.2, -0.15) is 0 Å². The normalized spacial score (nSPS) is 10.5. The van der Waals surface area contributed by atoms with Crippen LogP contribution in [0.5, 0.6) is 5.75 Å². The number of phenols is 1. The molecule has 2 N–H and O–H groups in total. The summed E-state index contributed by atoms with van der Waals surface area (Å²) in [5, 5.41) is 16.4. The third-order valence-electron chi connectivity index (χ3n) is 3.67. The van der Waals surface area contributed by atoms with E-state index in [-0.39, 0.29) is 18.1 Å². The van der Waals surface area contributed by atoms with Crippen LogP contribution >= 0.6 is 0 Å². The monoisotopic (exact) mass is 322 g/mol. The van der Waals surface area contributed by atoms with E-state index in [9.17, 15) is 9.90 Å². The van der Waals surface area contributed by atoms with Gasteiger partial charge in [-0.1, -0.05) is 53.7 Å². The van der Waals surface area contributed by atoms with E-state index in [1.54, 1.807) is 18.2 Å². The van der Waals surface area contributed by atoms with Crippen molar-refractivity contribution in [3.8, 4) is 17.1 Å². The summed E-state index contributed by atoms with van der Waals surface area (Å²) in [7, 11) is 0. The number of aromatic nitrogens is 1. The van der Waals surface area contributed by atoms with Crippen LogP contribution in [0.3, 0.4) is 0 Å². The number of carbonyl (C=O) groups excluding carboxylic acids is 1. The number of nitrogens with zero attached hydrogens (tertiary/aromatic N) is 1. The molecule has 0 radical (unpaired) electrons. The summed E-state index contributed by atoms with van der Waals surface area (Å²) in [4.78, 5) is 12.0. The van der Waals surface area contributed by atoms with Crippen molar-refractivity contribution in [3.63, 3.8) is 0 Å². The quantitative estimate of drug-likeness (QED) is 0.731. The summed E-state index contributed by atoms with van der Waals surface area (Å²) in [6.45, 7) is 0.458. The van der Waals surface area contributed by atoms with Crippen LogP contribution in [0, 0.1) is 0 Å². The Hall–Kier alpha value is -3.08. The Morgan fingerprint density at radius 2 is 1.83 bits per heavy atom. The van der Waals surface area contributed by atoms with Crippen LogP contribution < -0.4 is 5.32 Å². The maximum atomic E-state index is 12.0. The van der Waals surface area contributed by atoms with E-state index < -0.39 is 0 Å². The number of phenolic OH excluding ortho intramolecular Hbond substituents is 1. The molecule has 5 heteroatoms. The van der Waals surface area contributed by atoms with Crippen molar-refractivity contribution in [3.05, 3.63) is 71.9 Å². The first-order valence-corrected chi connectivity index (χ1v) is 7.77. The molecule has 2 aromatic carbocycles. The van der Waals surface area contributed by atoms with Gasteiger partial charge in [-0.15, -0.1) is 0 Å². The van der Waals surface area contributed by atoms with Crippen LogP contribution in [0.15, 0.2) is 65.2 Å². The molecule has 0 aliphatic rings. The topological polar surface area (TPSA) is 75.4 Å². The second-order valence-corrected chi connectivity index (χ2v) is 5.45. The third-order valence-corrected chi connectivity index (χ3v) is 3.67. The number of carbonyl (C=O) groups is 1. The molecule has 0 fully saturated rings. The zero-order valence-electron chi connectivity index (χ0n) is 13.1. The van der Waals surface area contributed by atoms with Crippen molar-refractivity contribution in [1.29, 1.82) is 0 Å². The lowest BCUT2D eigenvalue weighted by Gasteiger charge is -2.05. The number of benzene rings is 2. The van der Waals surface area contributed by atoms with E-state index >= 15 is 0 Å². The van der Waals surface area contributed by atoms with Crippen molar-refractivity contribution in [2.24, 2.45) is 0 Å². The highest BCUT2D eigenvalue weighted by molar-refractivity contribution is 5.78. The molecule has 3 rings (SSSR count). The van der Waals surface area contributed by atoms with E-state index in [2.05, 4.69) is 10.5 Å². The van der Waals surface area contributed by atoms with Crippen molar-refractivity contribution >= 4 is 5.91 Å². The Kier molecular flexibility index (Phi) is 4.91. The molecule has 0 aliphatic heterocycles. The predicted molar refractivity (Wildman–Crippen MR) is 90.5 cm³/mol. The average molecular weight is 322 g/mol. The molecule has 3 aromatic rings. The maximum absolute atomic E-state index is 12.0. The lowest BCUT2D eigenvalue weighted by molar-refractivity contribution is -0.120. The van der Waals surface area contributed by atoms with Gasteiger partial charge in [0.05, 0.1) is 12.1 Å². The molecular formula is C19H18N2O3. The molecule has 122 valence electrons. The summed E-state index contributed by atoms with van der Waals surface area (Å²) in [6.07, 6.45) is 0.740. The van der Waals surface area contributed by atoms with Gasteiger partial charge in [0.1, 0.15) is 5.75 Å². The molecule has 0 unspecified atom stereocenters. The molecular weight excluding hydrogens is 304 g/mol. The Balaban J connectivity index is 1.51. The summed E-state index contributed by atoms with van der Waals surface area (Å²) < 4.78 is 5.28. The number of hydrogen-bond acceptors (Lipinski definition) is 4. The molecule has 0 saturated carbocycles. The Morgan fingerprint density at radius 1 is 1.08 bits per heavy atom. The molecule has 1 amide bonds. The van der Waals surface area contributed by atoms with E-state index in [0.717, 1.165) is 11.1 Å². The first kappa shape index (κ1) is 15.8. The Morgan fingerprint density at radius 3 is 2.62 bits per heavy atom. The second-order valence-electron chi connectivity index (χ2n) is 5.45. The fraction of sp³-hybridized carbons (Fsp3) is 0.158. The number of aromatic hydroxyl groups is 1. The third kappa shape index (κ3) is 4.01. The number of para-hydroxylation sites is 1. The molecule has 0 aliphatic carbocycles. The van der Waals surface area contributed by atoms with Crippen LogP contribution in [-0.4, -0.2) is 22.7 Å². The van der Waals surface area contributed by atoms with Crippen LogP contribution in [0.2, 0.25) is 0 Å². The van der Waals surface area contributed by atoms with Crippen LogP contribution in [0.4, 0.5) is 0 Å². The molecule has 24 heavy (non-hydrogen) atoms. The summed E-state index contributed by atoms with van der Waals surface area (Å²) in [5.74, 6) is 0.765. The molecule has 0 bridgehead atoms. The molecule has 5 nitrogen and oxygen atoms in total. The average Bonchev–Trinajstić information content (AvgIpc) is 3.06. The number of nitrogens with one attached hydrogen (secondary N) is 1. The SMILES string of the molecule is O=C(Cc1cc(-c2ccccc2)on1)NCCc1ccccc1O. The standard InChI is InChI=1S/C19H18N2O3/c22-17-9-5-4-6-14(17)10-11-20-19(23)13-16-12-18(24-21-16)15-7-2-1-3-8-15/h1-9,12,22H,10-11,13H2,(H,20,23). The number of hydrogen-bond donors (Lipinski definition) is 2. The lowest BCUT2D eigenvalue weighted by Crippen LogP contribution is -2.27. The molecule has 1 heterocycles. The maximum Gasteiger partial charge on any atom is 0.226 e. The van der Waals surface area contributed by atoms with Gasteiger partial charge in [0, 0.05) is 18.2 Å². The fourth-order valence-electron chi connectivity index (χ4n) is 2.42. The highest BCUT2D eigenvalue weighted by atomic mass is 16.5. The van der Waals surface area contributed by atoms with E-state index in [1.807, 2.05) is 42.5 Å². The number of amides is 1. The largest absolute Gasteiger partial charge is 0.508 e. The van der Waals surface area contributed by atoms with Crippen LogP contribution in [0.25, 0.3) is 11.3 Å². The van der Waals surface area contributed by atoms with Gasteiger partial charge in [-0.3, -0.25) is 4.79 Å². The second kappa shape index (κ2) is 7.46. The van der Waals surface area contributed by atoms with Gasteiger partial charge in [0.25, 0.3) is 0 Å². The first-order chi connectivity index (χ1) is 11.7. The van der Waals surface area contributed by atoms with Crippen molar-refractivity contribution in [2.45, 2.75) is 12.8 Å². The summed E-state index contributed by atoms with van der Waals surface area (Å²) >= 11 is 0.